The van der Waals surface area contributed by atoms with E-state index in [-0.39, 0.29) is 0 Å². The van der Waals surface area contributed by atoms with Crippen molar-refractivity contribution in [3.63, 3.8) is 0 Å². The monoisotopic (exact) mass is 442 g/mol. The van der Waals surface area contributed by atoms with E-state index in [9.17, 15) is 0 Å². The van der Waals surface area contributed by atoms with E-state index in [1.165, 1.54) is 16.6 Å². The minimum Gasteiger partial charge on any atom is -0.378 e. The van der Waals surface area contributed by atoms with Gasteiger partial charge < -0.3 is 4.74 Å². The van der Waals surface area contributed by atoms with Crippen molar-refractivity contribution >= 4 is 57.3 Å². The lowest BCUT2D eigenvalue weighted by Crippen LogP contribution is -1.96. The summed E-state index contributed by atoms with van der Waals surface area (Å²) >= 11 is 5.71. The predicted octanol–water partition coefficient (Wildman–Crippen LogP) is 5.13. The summed E-state index contributed by atoms with van der Waals surface area (Å²) < 4.78 is 8.35. The van der Waals surface area contributed by atoms with E-state index in [1.807, 2.05) is 20.0 Å². The molecule has 0 radical (unpaired) electrons. The molecule has 2 heterocycles. The van der Waals surface area contributed by atoms with Gasteiger partial charge in [0, 0.05) is 53.5 Å². The van der Waals surface area contributed by atoms with Crippen molar-refractivity contribution in [2.24, 2.45) is 0 Å². The third-order valence-electron chi connectivity index (χ3n) is 2.46. The van der Waals surface area contributed by atoms with Gasteiger partial charge in [-0.1, -0.05) is 13.8 Å². The van der Waals surface area contributed by atoms with E-state index in [2.05, 4.69) is 59.1 Å². The molecule has 0 unspecified atom stereocenters. The van der Waals surface area contributed by atoms with Crippen molar-refractivity contribution in [1.29, 1.82) is 0 Å². The third-order valence-corrected chi connectivity index (χ3v) is 4.60. The molecule has 0 bridgehead atoms. The topological polar surface area (TPSA) is 27.1 Å². The van der Waals surface area contributed by atoms with Gasteiger partial charge in [-0.2, -0.15) is 0 Å². The molecule has 0 aliphatic carbocycles. The average Bonchev–Trinajstić information content (AvgIpc) is 2.65. The van der Waals surface area contributed by atoms with Crippen LogP contribution in [0.25, 0.3) is 11.0 Å². The Balaban J connectivity index is 0.000000771. The molecule has 0 N–H and O–H groups in total. The van der Waals surface area contributed by atoms with Crippen LogP contribution in [0.4, 0.5) is 0 Å². The fourth-order valence-corrected chi connectivity index (χ4v) is 3.77. The van der Waals surface area contributed by atoms with Gasteiger partial charge in [0.15, 0.2) is 5.65 Å². The van der Waals surface area contributed by atoms with Crippen LogP contribution in [0.1, 0.15) is 25.1 Å². The van der Waals surface area contributed by atoms with E-state index < -0.39 is 0 Å². The van der Waals surface area contributed by atoms with Crippen LogP contribution in [0.2, 0.25) is 0 Å². The van der Waals surface area contributed by atoms with Crippen LogP contribution in [-0.4, -0.2) is 16.1 Å². The van der Waals surface area contributed by atoms with Gasteiger partial charge in [-0.3, -0.25) is 3.97 Å². The second-order valence-corrected chi connectivity index (χ2v) is 5.99. The fourth-order valence-electron chi connectivity index (χ4n) is 1.68. The summed E-state index contributed by atoms with van der Waals surface area (Å²) in [6, 6.07) is 2.10. The number of aryl methyl sites for hydroxylation is 1. The molecular weight excluding hydrogens is 427 g/mol. The van der Waals surface area contributed by atoms with Crippen molar-refractivity contribution in [2.45, 2.75) is 27.4 Å². The minimum absolute atomic E-state index is 0.607. The molecule has 2 aromatic heterocycles. The van der Waals surface area contributed by atoms with Crippen LogP contribution in [-0.2, 0) is 11.3 Å². The lowest BCUT2D eigenvalue weighted by atomic mass is 10.2. The van der Waals surface area contributed by atoms with Crippen molar-refractivity contribution < 1.29 is 4.74 Å². The van der Waals surface area contributed by atoms with Crippen LogP contribution in [0, 0.1) is 6.92 Å². The number of rotatable bonds is 3. The summed E-state index contributed by atoms with van der Waals surface area (Å²) in [6.07, 6.45) is 1.82. The lowest BCUT2D eigenvalue weighted by molar-refractivity contribution is 0.181. The predicted molar refractivity (Wildman–Crippen MR) is 91.2 cm³/mol. The smallest absolute Gasteiger partial charge is 0.151 e. The highest BCUT2D eigenvalue weighted by Crippen LogP contribution is 2.32. The van der Waals surface area contributed by atoms with E-state index in [0.29, 0.717) is 6.61 Å². The number of halogens is 2. The normalized spacial score (nSPS) is 10.3. The summed E-state index contributed by atoms with van der Waals surface area (Å²) in [5.74, 6) is 0. The van der Waals surface area contributed by atoms with E-state index in [1.54, 1.807) is 16.2 Å². The summed E-state index contributed by atoms with van der Waals surface area (Å²) in [5, 5.41) is 1.17. The van der Waals surface area contributed by atoms with Gasteiger partial charge in [0.1, 0.15) is 0 Å². The number of aromatic nitrogens is 2. The largest absolute Gasteiger partial charge is 0.378 e. The average molecular weight is 443 g/mol. The molecule has 0 atom stereocenters. The molecule has 18 heavy (non-hydrogen) atoms. The van der Waals surface area contributed by atoms with E-state index in [4.69, 9.17) is 4.74 Å². The zero-order chi connectivity index (χ0) is 13.7. The highest BCUT2D eigenvalue weighted by Gasteiger charge is 2.15. The van der Waals surface area contributed by atoms with Crippen molar-refractivity contribution in [3.8, 4) is 0 Å². The minimum atomic E-state index is 0.607. The van der Waals surface area contributed by atoms with Gasteiger partial charge in [-0.15, -0.1) is 0 Å². The fraction of sp³-hybridized carbons (Fsp3) is 0.417. The summed E-state index contributed by atoms with van der Waals surface area (Å²) in [7, 11) is 3.33. The number of fused-ring (bicyclic) bond motifs is 1. The molecule has 2 aromatic rings. The molecule has 0 amide bonds. The molecule has 2 rings (SSSR count). The van der Waals surface area contributed by atoms with Gasteiger partial charge in [-0.25, -0.2) is 4.98 Å². The van der Waals surface area contributed by atoms with Crippen LogP contribution >= 0.6 is 46.3 Å². The maximum absolute atomic E-state index is 5.23. The maximum atomic E-state index is 5.23. The zero-order valence-corrected chi connectivity index (χ0v) is 15.4. The molecule has 0 aromatic carbocycles. The van der Waals surface area contributed by atoms with Crippen molar-refractivity contribution in [3.05, 3.63) is 28.0 Å². The van der Waals surface area contributed by atoms with Crippen LogP contribution in [0.3, 0.4) is 0 Å². The summed E-state index contributed by atoms with van der Waals surface area (Å²) in [4.78, 5) is 4.45. The molecule has 100 valence electrons. The van der Waals surface area contributed by atoms with E-state index >= 15 is 0 Å². The summed E-state index contributed by atoms with van der Waals surface area (Å²) in [5.41, 5.74) is 3.39. The Labute approximate surface area is 133 Å². The number of nitrogens with zero attached hydrogens (tertiary/aromatic N) is 2. The molecule has 6 heteroatoms. The Morgan fingerprint density at radius 1 is 1.50 bits per heavy atom. The standard InChI is InChI=1S/C10H10BrIN2OS.C2H6/c1-6-8-3-7(11)4-13-10(8)14(16-12)9(6)5-15-2;1-2/h3-4H,5H2,1-2H3;1-2H3. The molecule has 0 spiro atoms. The Morgan fingerprint density at radius 2 is 2.17 bits per heavy atom. The molecular formula is C12H16BrIN2OS. The first-order valence-electron chi connectivity index (χ1n) is 5.62. The van der Waals surface area contributed by atoms with Crippen LogP contribution in [0.15, 0.2) is 16.7 Å². The third kappa shape index (κ3) is 3.20. The van der Waals surface area contributed by atoms with Gasteiger partial charge >= 0.3 is 0 Å². The van der Waals surface area contributed by atoms with Crippen molar-refractivity contribution in [2.75, 3.05) is 7.11 Å². The first-order valence-corrected chi connectivity index (χ1v) is 9.73. The first-order chi connectivity index (χ1) is 8.69. The summed E-state index contributed by atoms with van der Waals surface area (Å²) in [6.45, 7) is 6.71. The number of ether oxygens (including phenoxy) is 1. The zero-order valence-electron chi connectivity index (χ0n) is 10.8. The molecule has 0 aliphatic rings. The number of hydrogen-bond donors (Lipinski definition) is 0. The molecule has 0 aliphatic heterocycles. The SMILES string of the molecule is CC.COCc1c(C)c2cc(Br)cnc2n1SI. The molecule has 0 fully saturated rings. The first kappa shape index (κ1) is 16.3. The van der Waals surface area contributed by atoms with Gasteiger partial charge in [0.25, 0.3) is 0 Å². The van der Waals surface area contributed by atoms with E-state index in [0.717, 1.165) is 10.1 Å². The highest BCUT2D eigenvalue weighted by molar-refractivity contribution is 14.2. The van der Waals surface area contributed by atoms with Gasteiger partial charge in [-0.05, 0) is 34.5 Å². The van der Waals surface area contributed by atoms with Gasteiger partial charge in [0.2, 0.25) is 0 Å². The Bertz CT molecular complexity index is 530. The van der Waals surface area contributed by atoms with Gasteiger partial charge in [0.05, 0.1) is 12.3 Å². The highest BCUT2D eigenvalue weighted by atomic mass is 127. The number of hydrogen-bond acceptors (Lipinski definition) is 3. The Kier molecular flexibility index (Phi) is 6.97. The second-order valence-electron chi connectivity index (χ2n) is 3.39. The number of pyridine rings is 1. The molecule has 0 saturated heterocycles. The second kappa shape index (κ2) is 7.72. The maximum Gasteiger partial charge on any atom is 0.151 e. The Morgan fingerprint density at radius 3 is 2.72 bits per heavy atom. The van der Waals surface area contributed by atoms with Crippen LogP contribution < -0.4 is 0 Å². The molecule has 0 saturated carbocycles. The number of methoxy groups -OCH3 is 1. The Hall–Kier alpha value is 0.210. The lowest BCUT2D eigenvalue weighted by Gasteiger charge is -2.04. The quantitative estimate of drug-likeness (QED) is 0.616. The molecule has 3 nitrogen and oxygen atoms in total. The van der Waals surface area contributed by atoms with Crippen molar-refractivity contribution in [1.82, 2.24) is 8.96 Å². The van der Waals surface area contributed by atoms with Crippen LogP contribution in [0.5, 0.6) is 0 Å².